The van der Waals surface area contributed by atoms with Crippen molar-refractivity contribution in [3.63, 3.8) is 0 Å². The van der Waals surface area contributed by atoms with Gasteiger partial charge in [0, 0.05) is 18.1 Å². The minimum atomic E-state index is -0.0350. The van der Waals surface area contributed by atoms with Crippen LogP contribution in [0.15, 0.2) is 11.6 Å². The highest BCUT2D eigenvalue weighted by atomic mass is 16.3. The molecule has 0 aromatic rings. The fourth-order valence-corrected chi connectivity index (χ4v) is 3.05. The Bertz CT molecular complexity index is 313. The zero-order valence-corrected chi connectivity index (χ0v) is 12.8. The van der Waals surface area contributed by atoms with Crippen molar-refractivity contribution in [2.75, 3.05) is 26.2 Å². The lowest BCUT2D eigenvalue weighted by atomic mass is 9.93. The van der Waals surface area contributed by atoms with E-state index in [1.165, 1.54) is 44.3 Å². The van der Waals surface area contributed by atoms with Crippen LogP contribution in [-0.2, 0) is 0 Å². The monoisotopic (exact) mass is 266 g/mol. The molecule has 1 unspecified atom stereocenters. The highest BCUT2D eigenvalue weighted by Crippen LogP contribution is 2.39. The first kappa shape index (κ1) is 15.0. The first-order valence-corrected chi connectivity index (χ1v) is 7.78. The number of likely N-dealkylation sites (tertiary alicyclic amines) is 1. The lowest BCUT2D eigenvalue weighted by Crippen LogP contribution is -2.55. The van der Waals surface area contributed by atoms with Crippen LogP contribution in [0.5, 0.6) is 0 Å². The number of rotatable bonds is 6. The maximum atomic E-state index is 9.64. The molecular formula is C16H30N2O. The van der Waals surface area contributed by atoms with Crippen LogP contribution in [0.3, 0.4) is 0 Å². The summed E-state index contributed by atoms with van der Waals surface area (Å²) >= 11 is 0. The Morgan fingerprint density at radius 1 is 1.26 bits per heavy atom. The molecule has 0 aromatic heterocycles. The molecule has 0 amide bonds. The molecule has 2 rings (SSSR count). The van der Waals surface area contributed by atoms with Crippen LogP contribution in [0.25, 0.3) is 0 Å². The summed E-state index contributed by atoms with van der Waals surface area (Å²) in [6.07, 6.45) is 7.29. The minimum absolute atomic E-state index is 0.0350. The van der Waals surface area contributed by atoms with E-state index in [0.29, 0.717) is 12.0 Å². The van der Waals surface area contributed by atoms with Crippen LogP contribution in [0.2, 0.25) is 0 Å². The van der Waals surface area contributed by atoms with Crippen molar-refractivity contribution < 1.29 is 5.11 Å². The molecular weight excluding hydrogens is 236 g/mol. The predicted molar refractivity (Wildman–Crippen MR) is 80.2 cm³/mol. The van der Waals surface area contributed by atoms with Gasteiger partial charge < -0.3 is 10.4 Å². The van der Waals surface area contributed by atoms with Crippen molar-refractivity contribution in [3.8, 4) is 0 Å². The number of allylic oxidation sites excluding steroid dienone is 1. The third kappa shape index (κ3) is 4.30. The third-order valence-electron chi connectivity index (χ3n) is 4.69. The number of nitrogens with one attached hydrogen (secondary N) is 1. The molecule has 0 aromatic carbocycles. The number of aliphatic hydroxyl groups is 1. The summed E-state index contributed by atoms with van der Waals surface area (Å²) in [6.45, 7) is 10.2. The number of aliphatic hydroxyl groups excluding tert-OH is 1. The van der Waals surface area contributed by atoms with Crippen LogP contribution < -0.4 is 5.32 Å². The molecule has 1 aliphatic carbocycles. The van der Waals surface area contributed by atoms with Gasteiger partial charge in [-0.2, -0.15) is 0 Å². The standard InChI is InChI=1S/C16H30N2O/c1-13(2)6-9-18-10-7-15(8-11-18)17-16(3,12-19)14-4-5-14/h6,14-15,17,19H,4-5,7-12H2,1-3H3. The number of hydrogen-bond acceptors (Lipinski definition) is 3. The summed E-state index contributed by atoms with van der Waals surface area (Å²) < 4.78 is 0. The van der Waals surface area contributed by atoms with Crippen molar-refractivity contribution in [1.29, 1.82) is 0 Å². The highest BCUT2D eigenvalue weighted by molar-refractivity contribution is 5.00. The number of piperidine rings is 1. The quantitative estimate of drug-likeness (QED) is 0.723. The molecule has 2 fully saturated rings. The van der Waals surface area contributed by atoms with Gasteiger partial charge in [0.05, 0.1) is 6.61 Å². The van der Waals surface area contributed by atoms with E-state index in [4.69, 9.17) is 0 Å². The minimum Gasteiger partial charge on any atom is -0.394 e. The van der Waals surface area contributed by atoms with Crippen molar-refractivity contribution in [2.24, 2.45) is 5.92 Å². The fourth-order valence-electron chi connectivity index (χ4n) is 3.05. The zero-order valence-electron chi connectivity index (χ0n) is 12.8. The Morgan fingerprint density at radius 3 is 2.37 bits per heavy atom. The van der Waals surface area contributed by atoms with E-state index >= 15 is 0 Å². The molecule has 1 atom stereocenters. The van der Waals surface area contributed by atoms with Crippen LogP contribution in [-0.4, -0.2) is 47.8 Å². The zero-order chi connectivity index (χ0) is 13.9. The topological polar surface area (TPSA) is 35.5 Å². The first-order chi connectivity index (χ1) is 9.03. The molecule has 1 aliphatic heterocycles. The lowest BCUT2D eigenvalue weighted by molar-refractivity contribution is 0.118. The van der Waals surface area contributed by atoms with Crippen molar-refractivity contribution in [2.45, 2.75) is 58.0 Å². The van der Waals surface area contributed by atoms with Gasteiger partial charge in [-0.15, -0.1) is 0 Å². The number of hydrogen-bond donors (Lipinski definition) is 2. The van der Waals surface area contributed by atoms with Crippen LogP contribution in [0.1, 0.15) is 46.5 Å². The van der Waals surface area contributed by atoms with Crippen LogP contribution in [0.4, 0.5) is 0 Å². The molecule has 3 nitrogen and oxygen atoms in total. The summed E-state index contributed by atoms with van der Waals surface area (Å²) in [7, 11) is 0. The summed E-state index contributed by atoms with van der Waals surface area (Å²) in [5, 5.41) is 13.4. The van der Waals surface area contributed by atoms with E-state index in [9.17, 15) is 5.11 Å². The molecule has 1 saturated heterocycles. The molecule has 19 heavy (non-hydrogen) atoms. The van der Waals surface area contributed by atoms with Gasteiger partial charge in [-0.25, -0.2) is 0 Å². The predicted octanol–water partition coefficient (Wildman–Crippen LogP) is 2.17. The normalized spacial score (nSPS) is 25.1. The molecule has 3 heteroatoms. The van der Waals surface area contributed by atoms with Gasteiger partial charge in [-0.05, 0) is 65.5 Å². The molecule has 1 heterocycles. The Kier molecular flexibility index (Phi) is 5.04. The van der Waals surface area contributed by atoms with Gasteiger partial charge in [-0.1, -0.05) is 11.6 Å². The highest BCUT2D eigenvalue weighted by Gasteiger charge is 2.42. The molecule has 2 aliphatic rings. The Balaban J connectivity index is 1.75. The Labute approximate surface area is 118 Å². The average Bonchev–Trinajstić information content (AvgIpc) is 3.22. The van der Waals surface area contributed by atoms with Gasteiger partial charge in [0.2, 0.25) is 0 Å². The average molecular weight is 266 g/mol. The summed E-state index contributed by atoms with van der Waals surface area (Å²) in [5.74, 6) is 0.696. The Hall–Kier alpha value is -0.380. The van der Waals surface area contributed by atoms with E-state index in [2.05, 4.69) is 37.1 Å². The first-order valence-electron chi connectivity index (χ1n) is 7.78. The second-order valence-electron chi connectivity index (χ2n) is 6.85. The molecule has 0 spiro atoms. The van der Waals surface area contributed by atoms with Gasteiger partial charge in [-0.3, -0.25) is 4.90 Å². The van der Waals surface area contributed by atoms with Gasteiger partial charge in [0.15, 0.2) is 0 Å². The second kappa shape index (κ2) is 6.38. The molecule has 0 bridgehead atoms. The number of nitrogens with zero attached hydrogens (tertiary/aromatic N) is 1. The van der Waals surface area contributed by atoms with Gasteiger partial charge in [0.1, 0.15) is 0 Å². The van der Waals surface area contributed by atoms with E-state index in [0.717, 1.165) is 6.54 Å². The van der Waals surface area contributed by atoms with Crippen molar-refractivity contribution >= 4 is 0 Å². The second-order valence-corrected chi connectivity index (χ2v) is 6.85. The third-order valence-corrected chi connectivity index (χ3v) is 4.69. The fraction of sp³-hybridized carbons (Fsp3) is 0.875. The SMILES string of the molecule is CC(C)=CCN1CCC(NC(C)(CO)C2CC2)CC1. The maximum absolute atomic E-state index is 9.64. The molecule has 110 valence electrons. The van der Waals surface area contributed by atoms with E-state index in [1.54, 1.807) is 0 Å². The van der Waals surface area contributed by atoms with Gasteiger partial charge in [0.25, 0.3) is 0 Å². The molecule has 1 saturated carbocycles. The molecule has 0 radical (unpaired) electrons. The Morgan fingerprint density at radius 2 is 1.89 bits per heavy atom. The van der Waals surface area contributed by atoms with E-state index in [-0.39, 0.29) is 12.1 Å². The van der Waals surface area contributed by atoms with Crippen LogP contribution in [0, 0.1) is 5.92 Å². The largest absolute Gasteiger partial charge is 0.394 e. The van der Waals surface area contributed by atoms with E-state index < -0.39 is 0 Å². The molecule has 2 N–H and O–H groups in total. The summed E-state index contributed by atoms with van der Waals surface area (Å²) in [5.41, 5.74) is 1.37. The summed E-state index contributed by atoms with van der Waals surface area (Å²) in [6, 6.07) is 0.584. The van der Waals surface area contributed by atoms with Crippen molar-refractivity contribution in [3.05, 3.63) is 11.6 Å². The lowest BCUT2D eigenvalue weighted by Gasteiger charge is -2.38. The smallest absolute Gasteiger partial charge is 0.0613 e. The van der Waals surface area contributed by atoms with Crippen LogP contribution >= 0.6 is 0 Å². The van der Waals surface area contributed by atoms with Crippen molar-refractivity contribution in [1.82, 2.24) is 10.2 Å². The van der Waals surface area contributed by atoms with E-state index in [1.807, 2.05) is 0 Å². The maximum Gasteiger partial charge on any atom is 0.0613 e. The summed E-state index contributed by atoms with van der Waals surface area (Å²) in [4.78, 5) is 2.53. The van der Waals surface area contributed by atoms with Gasteiger partial charge >= 0.3 is 0 Å².